The van der Waals surface area contributed by atoms with Crippen LogP contribution in [0.15, 0.2) is 158 Å². The molecule has 0 spiro atoms. The Labute approximate surface area is 270 Å². The molecule has 4 heterocycles. The summed E-state index contributed by atoms with van der Waals surface area (Å²) < 4.78 is 2.32. The van der Waals surface area contributed by atoms with E-state index in [0.717, 1.165) is 50.3 Å². The van der Waals surface area contributed by atoms with Crippen LogP contribution in [0.4, 0.5) is 0 Å². The maximum atomic E-state index is 5.23. The number of benzene rings is 6. The Morgan fingerprint density at radius 1 is 0.447 bits per heavy atom. The summed E-state index contributed by atoms with van der Waals surface area (Å²) in [6, 6.07) is 49.8. The smallest absolute Gasteiger partial charge is 0.0899 e. The maximum absolute atomic E-state index is 5.23. The molecule has 0 aliphatic heterocycles. The highest BCUT2D eigenvalue weighted by Crippen LogP contribution is 2.41. The molecule has 4 nitrogen and oxygen atoms in total. The van der Waals surface area contributed by atoms with Gasteiger partial charge in [0.05, 0.1) is 28.1 Å². The average molecular weight is 599 g/mol. The van der Waals surface area contributed by atoms with Crippen molar-refractivity contribution in [3.05, 3.63) is 158 Å². The van der Waals surface area contributed by atoms with Crippen molar-refractivity contribution in [2.24, 2.45) is 0 Å². The molecule has 10 aromatic rings. The summed E-state index contributed by atoms with van der Waals surface area (Å²) >= 11 is 0. The van der Waals surface area contributed by atoms with Crippen molar-refractivity contribution in [1.82, 2.24) is 19.5 Å². The number of nitrogens with zero attached hydrogens (tertiary/aromatic N) is 4. The lowest BCUT2D eigenvalue weighted by atomic mass is 9.89. The van der Waals surface area contributed by atoms with E-state index in [9.17, 15) is 0 Å². The molecule has 6 aromatic carbocycles. The first-order chi connectivity index (χ1) is 23.3. The van der Waals surface area contributed by atoms with Crippen LogP contribution in [0.3, 0.4) is 0 Å². The van der Waals surface area contributed by atoms with E-state index in [0.29, 0.717) is 0 Å². The molecule has 4 aromatic heterocycles. The Morgan fingerprint density at radius 2 is 1.21 bits per heavy atom. The van der Waals surface area contributed by atoms with Gasteiger partial charge in [0, 0.05) is 40.6 Å². The first-order valence-corrected chi connectivity index (χ1v) is 15.8. The highest BCUT2D eigenvalue weighted by molar-refractivity contribution is 6.25. The highest BCUT2D eigenvalue weighted by Gasteiger charge is 2.17. The van der Waals surface area contributed by atoms with E-state index in [2.05, 4.69) is 131 Å². The summed E-state index contributed by atoms with van der Waals surface area (Å²) in [5, 5.41) is 9.97. The molecule has 47 heavy (non-hydrogen) atoms. The third-order valence-electron chi connectivity index (χ3n) is 9.47. The van der Waals surface area contributed by atoms with Crippen LogP contribution in [0.5, 0.6) is 0 Å². The van der Waals surface area contributed by atoms with E-state index in [1.165, 1.54) is 43.3 Å². The molecule has 0 aliphatic carbocycles. The van der Waals surface area contributed by atoms with Crippen LogP contribution in [0.2, 0.25) is 0 Å². The van der Waals surface area contributed by atoms with Crippen LogP contribution in [0.1, 0.15) is 0 Å². The fraction of sp³-hybridized carbons (Fsp3) is 0. The standard InChI is InChI=1S/C43H26N4/c1-2-13-40-34(11-1)36-26-44-22-20-41(36)47(40)32-10-6-9-30(23-32)38-24-31(25-39(46-38)37-12-3-4-21-45-37)33-18-16-29-15-14-27-7-5-8-28-17-19-35(33)43(29)42(27)28/h1-26H. The predicted octanol–water partition coefficient (Wildman–Crippen LogP) is 10.9. The van der Waals surface area contributed by atoms with E-state index < -0.39 is 0 Å². The van der Waals surface area contributed by atoms with Crippen LogP contribution in [-0.4, -0.2) is 19.5 Å². The molecule has 218 valence electrons. The second-order valence-electron chi connectivity index (χ2n) is 12.1. The van der Waals surface area contributed by atoms with Gasteiger partial charge in [-0.05, 0) is 92.0 Å². The number of pyridine rings is 3. The SMILES string of the molecule is c1ccc(-c2cc(-c3ccc4ccc5cccc6ccc3c4c56)cc(-c3cccc(-n4c5ccccc5c5cnccc54)c3)n2)nc1. The Bertz CT molecular complexity index is 2730. The molecule has 0 saturated heterocycles. The summed E-state index contributed by atoms with van der Waals surface area (Å²) in [5.74, 6) is 0. The van der Waals surface area contributed by atoms with Crippen molar-refractivity contribution < 1.29 is 0 Å². The summed E-state index contributed by atoms with van der Waals surface area (Å²) in [4.78, 5) is 14.4. The van der Waals surface area contributed by atoms with Crippen molar-refractivity contribution in [3.8, 4) is 39.5 Å². The molecular formula is C43H26N4. The van der Waals surface area contributed by atoms with Gasteiger partial charge in [0.2, 0.25) is 0 Å². The van der Waals surface area contributed by atoms with E-state index in [4.69, 9.17) is 9.97 Å². The van der Waals surface area contributed by atoms with Gasteiger partial charge in [0.25, 0.3) is 0 Å². The molecule has 0 N–H and O–H groups in total. The number of fused-ring (bicyclic) bond motifs is 3. The fourth-order valence-corrected chi connectivity index (χ4v) is 7.36. The van der Waals surface area contributed by atoms with Crippen LogP contribution >= 0.6 is 0 Å². The minimum absolute atomic E-state index is 0.845. The molecule has 4 heteroatoms. The van der Waals surface area contributed by atoms with Gasteiger partial charge in [-0.3, -0.25) is 9.97 Å². The van der Waals surface area contributed by atoms with Gasteiger partial charge in [-0.2, -0.15) is 0 Å². The number of hydrogen-bond donors (Lipinski definition) is 0. The molecule has 0 fully saturated rings. The number of aromatic nitrogens is 4. The van der Waals surface area contributed by atoms with E-state index in [-0.39, 0.29) is 0 Å². The van der Waals surface area contributed by atoms with E-state index in [1.54, 1.807) is 0 Å². The van der Waals surface area contributed by atoms with Crippen molar-refractivity contribution in [2.75, 3.05) is 0 Å². The molecule has 0 unspecified atom stereocenters. The summed E-state index contributed by atoms with van der Waals surface area (Å²) in [6.07, 6.45) is 5.65. The minimum atomic E-state index is 0.845. The maximum Gasteiger partial charge on any atom is 0.0899 e. The topological polar surface area (TPSA) is 43.6 Å². The third-order valence-corrected chi connectivity index (χ3v) is 9.47. The molecule has 0 aliphatic rings. The summed E-state index contributed by atoms with van der Waals surface area (Å²) in [5.41, 5.74) is 9.28. The zero-order chi connectivity index (χ0) is 30.9. The molecular weight excluding hydrogens is 573 g/mol. The Balaban J connectivity index is 1.21. The van der Waals surface area contributed by atoms with Gasteiger partial charge in [-0.25, -0.2) is 4.98 Å². The fourth-order valence-electron chi connectivity index (χ4n) is 7.36. The van der Waals surface area contributed by atoms with Gasteiger partial charge < -0.3 is 4.57 Å². The minimum Gasteiger partial charge on any atom is -0.309 e. The molecule has 0 saturated carbocycles. The van der Waals surface area contributed by atoms with Gasteiger partial charge >= 0.3 is 0 Å². The normalized spacial score (nSPS) is 11.8. The summed E-state index contributed by atoms with van der Waals surface area (Å²) in [7, 11) is 0. The Morgan fingerprint density at radius 3 is 2.11 bits per heavy atom. The summed E-state index contributed by atoms with van der Waals surface area (Å²) in [6.45, 7) is 0. The zero-order valence-corrected chi connectivity index (χ0v) is 25.3. The van der Waals surface area contributed by atoms with Crippen molar-refractivity contribution in [1.29, 1.82) is 0 Å². The van der Waals surface area contributed by atoms with Crippen molar-refractivity contribution >= 4 is 54.1 Å². The highest BCUT2D eigenvalue weighted by atomic mass is 15.0. The number of rotatable bonds is 4. The van der Waals surface area contributed by atoms with Crippen molar-refractivity contribution in [2.45, 2.75) is 0 Å². The lowest BCUT2D eigenvalue weighted by molar-refractivity contribution is 1.17. The monoisotopic (exact) mass is 598 g/mol. The van der Waals surface area contributed by atoms with Crippen LogP contribution in [0.25, 0.3) is 93.6 Å². The lowest BCUT2D eigenvalue weighted by Gasteiger charge is -2.16. The van der Waals surface area contributed by atoms with Gasteiger partial charge in [-0.15, -0.1) is 0 Å². The largest absolute Gasteiger partial charge is 0.309 e. The van der Waals surface area contributed by atoms with E-state index >= 15 is 0 Å². The Hall–Kier alpha value is -6.39. The van der Waals surface area contributed by atoms with Gasteiger partial charge in [0.15, 0.2) is 0 Å². The second kappa shape index (κ2) is 10.1. The van der Waals surface area contributed by atoms with Gasteiger partial charge in [0.1, 0.15) is 0 Å². The third kappa shape index (κ3) is 3.98. The predicted molar refractivity (Wildman–Crippen MR) is 194 cm³/mol. The molecule has 10 rings (SSSR count). The average Bonchev–Trinajstić information content (AvgIpc) is 3.48. The van der Waals surface area contributed by atoms with E-state index in [1.807, 2.05) is 36.8 Å². The zero-order valence-electron chi connectivity index (χ0n) is 25.3. The van der Waals surface area contributed by atoms with Crippen LogP contribution < -0.4 is 0 Å². The quantitative estimate of drug-likeness (QED) is 0.189. The second-order valence-corrected chi connectivity index (χ2v) is 12.1. The van der Waals surface area contributed by atoms with Crippen molar-refractivity contribution in [3.63, 3.8) is 0 Å². The molecule has 0 atom stereocenters. The number of para-hydroxylation sites is 1. The Kier molecular flexibility index (Phi) is 5.54. The molecule has 0 bridgehead atoms. The lowest BCUT2D eigenvalue weighted by Crippen LogP contribution is -1.96. The van der Waals surface area contributed by atoms with Crippen LogP contribution in [-0.2, 0) is 0 Å². The first kappa shape index (κ1) is 25.9. The van der Waals surface area contributed by atoms with Crippen LogP contribution in [0, 0.1) is 0 Å². The number of hydrogen-bond acceptors (Lipinski definition) is 3. The molecule has 0 amide bonds. The first-order valence-electron chi connectivity index (χ1n) is 15.8. The van der Waals surface area contributed by atoms with Gasteiger partial charge in [-0.1, -0.05) is 91.0 Å². The molecule has 0 radical (unpaired) electrons.